The predicted molar refractivity (Wildman–Crippen MR) is 93.1 cm³/mol. The summed E-state index contributed by atoms with van der Waals surface area (Å²) in [7, 11) is 0. The average Bonchev–Trinajstić information content (AvgIpc) is 3.35. The molecule has 120 valence electrons. The van der Waals surface area contributed by atoms with E-state index in [1.807, 2.05) is 0 Å². The van der Waals surface area contributed by atoms with Gasteiger partial charge < -0.3 is 4.74 Å². The van der Waals surface area contributed by atoms with Gasteiger partial charge in [0.15, 0.2) is 0 Å². The lowest BCUT2D eigenvalue weighted by Crippen LogP contribution is -2.40. The molecule has 0 amide bonds. The summed E-state index contributed by atoms with van der Waals surface area (Å²) in [6.07, 6.45) is 5.05. The maximum Gasteiger partial charge on any atom is 0.0931 e. The van der Waals surface area contributed by atoms with Gasteiger partial charge in [-0.05, 0) is 36.8 Å². The monoisotopic (exact) mass is 307 g/mol. The van der Waals surface area contributed by atoms with Gasteiger partial charge in [0.05, 0.1) is 12.2 Å². The summed E-state index contributed by atoms with van der Waals surface area (Å²) in [5, 5.41) is 0. The van der Waals surface area contributed by atoms with Gasteiger partial charge in [-0.1, -0.05) is 60.7 Å². The minimum Gasteiger partial charge on any atom is -0.370 e. The Hall–Kier alpha value is -1.64. The highest BCUT2D eigenvalue weighted by Gasteiger charge is 2.48. The molecule has 0 radical (unpaired) electrons. The largest absolute Gasteiger partial charge is 0.370 e. The molecular weight excluding hydrogens is 282 g/mol. The third-order valence-corrected chi connectivity index (χ3v) is 5.30. The molecule has 1 spiro atoms. The van der Waals surface area contributed by atoms with E-state index in [0.717, 1.165) is 19.7 Å². The first-order valence-electron chi connectivity index (χ1n) is 8.79. The molecule has 1 heterocycles. The first-order chi connectivity index (χ1) is 11.3. The van der Waals surface area contributed by atoms with Crippen LogP contribution in [0.2, 0.25) is 0 Å². The molecule has 2 aliphatic rings. The van der Waals surface area contributed by atoms with Gasteiger partial charge in [-0.3, -0.25) is 4.90 Å². The molecule has 1 saturated heterocycles. The van der Waals surface area contributed by atoms with Crippen LogP contribution in [0.5, 0.6) is 0 Å². The lowest BCUT2D eigenvalue weighted by Gasteiger charge is -2.37. The Labute approximate surface area is 139 Å². The van der Waals surface area contributed by atoms with Crippen LogP contribution in [0.1, 0.15) is 36.8 Å². The highest BCUT2D eigenvalue weighted by atomic mass is 16.6. The van der Waals surface area contributed by atoms with Crippen LogP contribution in [-0.4, -0.2) is 23.1 Å². The van der Waals surface area contributed by atoms with Crippen molar-refractivity contribution >= 4 is 0 Å². The van der Waals surface area contributed by atoms with E-state index in [9.17, 15) is 0 Å². The van der Waals surface area contributed by atoms with Gasteiger partial charge in [-0.25, -0.2) is 0 Å². The molecule has 0 aromatic heterocycles. The molecular formula is C21H25NO. The van der Waals surface area contributed by atoms with Crippen molar-refractivity contribution in [2.45, 2.75) is 50.4 Å². The maximum absolute atomic E-state index is 5.79. The second kappa shape index (κ2) is 6.46. The summed E-state index contributed by atoms with van der Waals surface area (Å²) in [6, 6.07) is 22.3. The zero-order chi connectivity index (χ0) is 15.5. The van der Waals surface area contributed by atoms with Gasteiger partial charge in [0.2, 0.25) is 0 Å². The highest BCUT2D eigenvalue weighted by molar-refractivity contribution is 5.17. The molecule has 2 atom stereocenters. The minimum absolute atomic E-state index is 0.231. The maximum atomic E-state index is 5.79. The molecule has 2 fully saturated rings. The van der Waals surface area contributed by atoms with Crippen LogP contribution in [0, 0.1) is 0 Å². The van der Waals surface area contributed by atoms with Crippen LogP contribution < -0.4 is 0 Å². The molecule has 4 rings (SSSR count). The second-order valence-electron chi connectivity index (χ2n) is 7.10. The fourth-order valence-corrected chi connectivity index (χ4v) is 3.92. The Morgan fingerprint density at radius 3 is 2.00 bits per heavy atom. The van der Waals surface area contributed by atoms with E-state index < -0.39 is 0 Å². The van der Waals surface area contributed by atoms with E-state index in [2.05, 4.69) is 65.6 Å². The fraction of sp³-hybridized carbons (Fsp3) is 0.429. The SMILES string of the molecule is c1ccc(CN(Cc2ccccc2)C2CCC[C@@]3(CO3)C2)cc1. The van der Waals surface area contributed by atoms with Crippen LogP contribution in [0.4, 0.5) is 0 Å². The Morgan fingerprint density at radius 2 is 1.48 bits per heavy atom. The van der Waals surface area contributed by atoms with E-state index in [0.29, 0.717) is 6.04 Å². The summed E-state index contributed by atoms with van der Waals surface area (Å²) in [4.78, 5) is 2.66. The lowest BCUT2D eigenvalue weighted by molar-refractivity contribution is 0.0960. The van der Waals surface area contributed by atoms with E-state index in [-0.39, 0.29) is 5.60 Å². The van der Waals surface area contributed by atoms with Crippen LogP contribution in [-0.2, 0) is 17.8 Å². The summed E-state index contributed by atoms with van der Waals surface area (Å²) >= 11 is 0. The molecule has 0 N–H and O–H groups in total. The summed E-state index contributed by atoms with van der Waals surface area (Å²) in [6.45, 7) is 3.03. The second-order valence-corrected chi connectivity index (χ2v) is 7.10. The molecule has 2 heteroatoms. The highest BCUT2D eigenvalue weighted by Crippen LogP contribution is 2.43. The van der Waals surface area contributed by atoms with Gasteiger partial charge in [-0.2, -0.15) is 0 Å². The summed E-state index contributed by atoms with van der Waals surface area (Å²) in [5.41, 5.74) is 3.04. The quantitative estimate of drug-likeness (QED) is 0.761. The molecule has 1 saturated carbocycles. The van der Waals surface area contributed by atoms with Gasteiger partial charge >= 0.3 is 0 Å². The minimum atomic E-state index is 0.231. The van der Waals surface area contributed by atoms with Crippen LogP contribution in [0.3, 0.4) is 0 Å². The van der Waals surface area contributed by atoms with E-state index in [4.69, 9.17) is 4.74 Å². The van der Waals surface area contributed by atoms with Crippen LogP contribution >= 0.6 is 0 Å². The Morgan fingerprint density at radius 1 is 0.913 bits per heavy atom. The van der Waals surface area contributed by atoms with Crippen molar-refractivity contribution < 1.29 is 4.74 Å². The van der Waals surface area contributed by atoms with E-state index >= 15 is 0 Å². The number of rotatable bonds is 5. The van der Waals surface area contributed by atoms with Gasteiger partial charge in [0.1, 0.15) is 0 Å². The third kappa shape index (κ3) is 3.65. The molecule has 2 aromatic rings. The van der Waals surface area contributed by atoms with Crippen LogP contribution in [0.15, 0.2) is 60.7 Å². The van der Waals surface area contributed by atoms with Gasteiger partial charge in [0.25, 0.3) is 0 Å². The molecule has 23 heavy (non-hydrogen) atoms. The van der Waals surface area contributed by atoms with Crippen molar-refractivity contribution in [1.82, 2.24) is 4.90 Å². The average molecular weight is 307 g/mol. The smallest absolute Gasteiger partial charge is 0.0931 e. The molecule has 1 aliphatic heterocycles. The predicted octanol–water partition coefficient (Wildman–Crippen LogP) is 4.40. The summed E-state index contributed by atoms with van der Waals surface area (Å²) < 4.78 is 5.79. The van der Waals surface area contributed by atoms with Crippen molar-refractivity contribution in [2.24, 2.45) is 0 Å². The molecule has 1 unspecified atom stereocenters. The Balaban J connectivity index is 1.52. The number of hydrogen-bond acceptors (Lipinski definition) is 2. The Kier molecular flexibility index (Phi) is 4.19. The van der Waals surface area contributed by atoms with E-state index in [1.165, 1.54) is 36.8 Å². The van der Waals surface area contributed by atoms with E-state index in [1.54, 1.807) is 0 Å². The zero-order valence-corrected chi connectivity index (χ0v) is 13.7. The molecule has 1 aliphatic carbocycles. The fourth-order valence-electron chi connectivity index (χ4n) is 3.92. The molecule has 0 bridgehead atoms. The zero-order valence-electron chi connectivity index (χ0n) is 13.7. The van der Waals surface area contributed by atoms with Crippen molar-refractivity contribution in [3.8, 4) is 0 Å². The number of hydrogen-bond donors (Lipinski definition) is 0. The number of benzene rings is 2. The van der Waals surface area contributed by atoms with Gasteiger partial charge in [-0.15, -0.1) is 0 Å². The number of nitrogens with zero attached hydrogens (tertiary/aromatic N) is 1. The normalized spacial score (nSPS) is 26.6. The first-order valence-corrected chi connectivity index (χ1v) is 8.79. The van der Waals surface area contributed by atoms with Crippen molar-refractivity contribution in [3.05, 3.63) is 71.8 Å². The Bertz CT molecular complexity index is 579. The first kappa shape index (κ1) is 14.9. The third-order valence-electron chi connectivity index (χ3n) is 5.30. The van der Waals surface area contributed by atoms with Crippen molar-refractivity contribution in [1.29, 1.82) is 0 Å². The number of epoxide rings is 1. The standard InChI is InChI=1S/C21H25NO/c1-3-8-18(9-4-1)15-22(16-19-10-5-2-6-11-19)20-12-7-13-21(14-20)17-23-21/h1-6,8-11,20H,7,12-17H2/t20?,21-/m0/s1. The van der Waals surface area contributed by atoms with Crippen LogP contribution in [0.25, 0.3) is 0 Å². The topological polar surface area (TPSA) is 15.8 Å². The summed E-state index contributed by atoms with van der Waals surface area (Å²) in [5.74, 6) is 0. The molecule has 2 aromatic carbocycles. The lowest BCUT2D eigenvalue weighted by atomic mass is 9.85. The van der Waals surface area contributed by atoms with Gasteiger partial charge in [0, 0.05) is 19.1 Å². The number of ether oxygens (including phenoxy) is 1. The van der Waals surface area contributed by atoms with Crippen molar-refractivity contribution in [3.63, 3.8) is 0 Å². The molecule has 2 nitrogen and oxygen atoms in total. The van der Waals surface area contributed by atoms with Crippen molar-refractivity contribution in [2.75, 3.05) is 6.61 Å².